The molecular formula is C23H21NO2. The van der Waals surface area contributed by atoms with Gasteiger partial charge >= 0.3 is 0 Å². The van der Waals surface area contributed by atoms with Crippen molar-refractivity contribution in [1.29, 1.82) is 0 Å². The second kappa shape index (κ2) is 7.44. The van der Waals surface area contributed by atoms with Gasteiger partial charge in [-0.15, -0.1) is 0 Å². The van der Waals surface area contributed by atoms with E-state index < -0.39 is 0 Å². The highest BCUT2D eigenvalue weighted by molar-refractivity contribution is 5.96. The zero-order chi connectivity index (χ0) is 17.8. The summed E-state index contributed by atoms with van der Waals surface area (Å²) in [7, 11) is 0. The number of hydrogen-bond acceptors (Lipinski definition) is 2. The topological polar surface area (TPSA) is 29.5 Å². The van der Waals surface area contributed by atoms with E-state index in [1.165, 1.54) is 0 Å². The van der Waals surface area contributed by atoms with Gasteiger partial charge < -0.3 is 9.64 Å². The normalized spacial score (nSPS) is 13.2. The van der Waals surface area contributed by atoms with E-state index in [1.54, 1.807) is 0 Å². The quantitative estimate of drug-likeness (QED) is 0.691. The molecule has 0 saturated carbocycles. The van der Waals surface area contributed by atoms with Crippen LogP contribution < -0.4 is 9.64 Å². The molecule has 4 rings (SSSR count). The zero-order valence-electron chi connectivity index (χ0n) is 14.5. The first-order valence-electron chi connectivity index (χ1n) is 8.95. The Kier molecular flexibility index (Phi) is 4.69. The number of ether oxygens (including phenoxy) is 1. The molecule has 1 aliphatic rings. The van der Waals surface area contributed by atoms with E-state index in [-0.39, 0.29) is 11.8 Å². The molecule has 0 bridgehead atoms. The molecule has 1 heterocycles. The summed E-state index contributed by atoms with van der Waals surface area (Å²) in [5.41, 5.74) is 3.19. The lowest BCUT2D eigenvalue weighted by Crippen LogP contribution is -2.38. The number of anilines is 1. The molecule has 1 aliphatic heterocycles. The largest absolute Gasteiger partial charge is 0.490 e. The second-order valence-electron chi connectivity index (χ2n) is 6.44. The summed E-state index contributed by atoms with van der Waals surface area (Å²) in [4.78, 5) is 15.0. The minimum atomic E-state index is 0.0416. The number of carbonyl (C=O) groups excluding carboxylic acids is 1. The van der Waals surface area contributed by atoms with E-state index >= 15 is 0 Å². The molecule has 26 heavy (non-hydrogen) atoms. The van der Waals surface area contributed by atoms with Gasteiger partial charge in [-0.1, -0.05) is 72.8 Å². The van der Waals surface area contributed by atoms with E-state index in [2.05, 4.69) is 24.3 Å². The third kappa shape index (κ3) is 3.33. The number of amides is 1. The van der Waals surface area contributed by atoms with Crippen LogP contribution in [-0.2, 0) is 4.79 Å². The number of para-hydroxylation sites is 2. The van der Waals surface area contributed by atoms with Gasteiger partial charge in [0.2, 0.25) is 5.91 Å². The minimum Gasteiger partial charge on any atom is -0.490 e. The van der Waals surface area contributed by atoms with Crippen LogP contribution >= 0.6 is 0 Å². The summed E-state index contributed by atoms with van der Waals surface area (Å²) < 4.78 is 5.68. The highest BCUT2D eigenvalue weighted by atomic mass is 16.5. The van der Waals surface area contributed by atoms with Crippen LogP contribution in [0.4, 0.5) is 5.69 Å². The molecule has 3 aromatic carbocycles. The molecule has 0 spiro atoms. The van der Waals surface area contributed by atoms with Gasteiger partial charge in [-0.05, 0) is 23.3 Å². The Bertz CT molecular complexity index is 837. The number of rotatable bonds is 4. The molecular weight excluding hydrogens is 322 g/mol. The Labute approximate surface area is 153 Å². The Morgan fingerprint density at radius 2 is 1.42 bits per heavy atom. The number of fused-ring (bicyclic) bond motifs is 1. The number of carbonyl (C=O) groups is 1. The van der Waals surface area contributed by atoms with E-state index in [0.29, 0.717) is 19.6 Å². The second-order valence-corrected chi connectivity index (χ2v) is 6.44. The van der Waals surface area contributed by atoms with Crippen molar-refractivity contribution < 1.29 is 9.53 Å². The van der Waals surface area contributed by atoms with Crippen molar-refractivity contribution in [3.05, 3.63) is 96.1 Å². The Morgan fingerprint density at radius 1 is 0.846 bits per heavy atom. The van der Waals surface area contributed by atoms with Crippen molar-refractivity contribution in [3.63, 3.8) is 0 Å². The first-order valence-corrected chi connectivity index (χ1v) is 8.95. The van der Waals surface area contributed by atoms with Crippen LogP contribution in [0.2, 0.25) is 0 Å². The SMILES string of the molecule is O=C(CC(c1ccccc1)c1ccccc1)N1CCOc2ccccc21. The summed E-state index contributed by atoms with van der Waals surface area (Å²) in [5.74, 6) is 0.946. The minimum absolute atomic E-state index is 0.0416. The maximum Gasteiger partial charge on any atom is 0.228 e. The van der Waals surface area contributed by atoms with Gasteiger partial charge in [-0.3, -0.25) is 4.79 Å². The van der Waals surface area contributed by atoms with Crippen LogP contribution in [0.25, 0.3) is 0 Å². The lowest BCUT2D eigenvalue weighted by molar-refractivity contribution is -0.119. The van der Waals surface area contributed by atoms with E-state index in [4.69, 9.17) is 4.74 Å². The van der Waals surface area contributed by atoms with Gasteiger partial charge in [0.15, 0.2) is 0 Å². The van der Waals surface area contributed by atoms with Crippen molar-refractivity contribution in [2.75, 3.05) is 18.1 Å². The molecule has 0 unspecified atom stereocenters. The molecule has 0 atom stereocenters. The van der Waals surface area contributed by atoms with Crippen LogP contribution in [-0.4, -0.2) is 19.1 Å². The lowest BCUT2D eigenvalue weighted by Gasteiger charge is -2.31. The first kappa shape index (κ1) is 16.4. The molecule has 3 heteroatoms. The fourth-order valence-electron chi connectivity index (χ4n) is 3.51. The third-order valence-corrected chi connectivity index (χ3v) is 4.81. The Hall–Kier alpha value is -3.07. The molecule has 0 N–H and O–H groups in total. The lowest BCUT2D eigenvalue weighted by atomic mass is 9.88. The maximum absolute atomic E-state index is 13.2. The van der Waals surface area contributed by atoms with Crippen molar-refractivity contribution >= 4 is 11.6 Å². The number of nitrogens with zero attached hydrogens (tertiary/aromatic N) is 1. The molecule has 0 radical (unpaired) electrons. The van der Waals surface area contributed by atoms with Crippen molar-refractivity contribution in [1.82, 2.24) is 0 Å². The average molecular weight is 343 g/mol. The fourth-order valence-corrected chi connectivity index (χ4v) is 3.51. The van der Waals surface area contributed by atoms with Gasteiger partial charge in [0.05, 0.1) is 12.2 Å². The van der Waals surface area contributed by atoms with E-state index in [1.807, 2.05) is 65.6 Å². The Balaban J connectivity index is 1.64. The van der Waals surface area contributed by atoms with Crippen molar-refractivity contribution in [3.8, 4) is 5.75 Å². The molecule has 3 nitrogen and oxygen atoms in total. The zero-order valence-corrected chi connectivity index (χ0v) is 14.5. The molecule has 0 aliphatic carbocycles. The van der Waals surface area contributed by atoms with Gasteiger partial charge in [0, 0.05) is 12.3 Å². The fraction of sp³-hybridized carbons (Fsp3) is 0.174. The van der Waals surface area contributed by atoms with Gasteiger partial charge in [-0.2, -0.15) is 0 Å². The first-order chi connectivity index (χ1) is 12.8. The monoisotopic (exact) mass is 343 g/mol. The average Bonchev–Trinajstić information content (AvgIpc) is 2.72. The van der Waals surface area contributed by atoms with Gasteiger partial charge in [0.1, 0.15) is 12.4 Å². The van der Waals surface area contributed by atoms with Crippen LogP contribution in [0.15, 0.2) is 84.9 Å². The summed E-state index contributed by atoms with van der Waals surface area (Å²) in [5, 5.41) is 0. The van der Waals surface area contributed by atoms with Crippen molar-refractivity contribution in [2.24, 2.45) is 0 Å². The van der Waals surface area contributed by atoms with Crippen LogP contribution in [0.5, 0.6) is 5.75 Å². The number of hydrogen-bond donors (Lipinski definition) is 0. The van der Waals surface area contributed by atoms with Crippen LogP contribution in [0.1, 0.15) is 23.5 Å². The van der Waals surface area contributed by atoms with E-state index in [0.717, 1.165) is 22.6 Å². The smallest absolute Gasteiger partial charge is 0.228 e. The molecule has 0 saturated heterocycles. The predicted molar refractivity (Wildman–Crippen MR) is 104 cm³/mol. The molecule has 0 fully saturated rings. The predicted octanol–water partition coefficient (Wildman–Crippen LogP) is 4.63. The van der Waals surface area contributed by atoms with Crippen LogP contribution in [0, 0.1) is 0 Å². The Morgan fingerprint density at radius 3 is 2.08 bits per heavy atom. The summed E-state index contributed by atoms with van der Waals surface area (Å²) in [6, 6.07) is 28.2. The molecule has 1 amide bonds. The molecule has 0 aromatic heterocycles. The summed E-state index contributed by atoms with van der Waals surface area (Å²) in [6.45, 7) is 1.12. The molecule has 130 valence electrons. The maximum atomic E-state index is 13.2. The van der Waals surface area contributed by atoms with Gasteiger partial charge in [0.25, 0.3) is 0 Å². The van der Waals surface area contributed by atoms with Gasteiger partial charge in [-0.25, -0.2) is 0 Å². The van der Waals surface area contributed by atoms with Crippen molar-refractivity contribution in [2.45, 2.75) is 12.3 Å². The number of benzene rings is 3. The summed E-state index contributed by atoms with van der Waals surface area (Å²) >= 11 is 0. The summed E-state index contributed by atoms with van der Waals surface area (Å²) in [6.07, 6.45) is 0.433. The molecule has 3 aromatic rings. The van der Waals surface area contributed by atoms with E-state index in [9.17, 15) is 4.79 Å². The highest BCUT2D eigenvalue weighted by Gasteiger charge is 2.26. The highest BCUT2D eigenvalue weighted by Crippen LogP contribution is 2.34. The third-order valence-electron chi connectivity index (χ3n) is 4.81. The van der Waals surface area contributed by atoms with Crippen LogP contribution in [0.3, 0.4) is 0 Å². The standard InChI is InChI=1S/C23H21NO2/c25-23(24-15-16-26-22-14-8-7-13-21(22)24)17-20(18-9-3-1-4-10-18)19-11-5-2-6-12-19/h1-14,20H,15-17H2.